The van der Waals surface area contributed by atoms with Crippen LogP contribution in [0.3, 0.4) is 0 Å². The van der Waals surface area contributed by atoms with Crippen LogP contribution in [0.1, 0.15) is 11.1 Å². The Hall–Kier alpha value is -2.13. The van der Waals surface area contributed by atoms with Crippen LogP contribution in [0.4, 0.5) is 5.82 Å². The molecule has 3 nitrogen and oxygen atoms in total. The van der Waals surface area contributed by atoms with E-state index >= 15 is 0 Å². The van der Waals surface area contributed by atoms with E-state index in [2.05, 4.69) is 10.3 Å². The first-order chi connectivity index (χ1) is 9.15. The Morgan fingerprint density at radius 3 is 2.74 bits per heavy atom. The van der Waals surface area contributed by atoms with Gasteiger partial charge >= 0.3 is 0 Å². The van der Waals surface area contributed by atoms with E-state index in [0.29, 0.717) is 10.8 Å². The number of nitrogens with one attached hydrogen (secondary N) is 1. The quantitative estimate of drug-likeness (QED) is 0.866. The number of hydrogen-bond acceptors (Lipinski definition) is 2. The van der Waals surface area contributed by atoms with Gasteiger partial charge in [0.05, 0.1) is 0 Å². The summed E-state index contributed by atoms with van der Waals surface area (Å²) < 4.78 is 0. The van der Waals surface area contributed by atoms with E-state index in [4.69, 9.17) is 11.6 Å². The molecule has 0 saturated carbocycles. The number of aromatic nitrogens is 1. The Morgan fingerprint density at radius 1 is 1.26 bits per heavy atom. The second-order valence-corrected chi connectivity index (χ2v) is 4.47. The van der Waals surface area contributed by atoms with Crippen LogP contribution in [0.15, 0.2) is 48.7 Å². The van der Waals surface area contributed by atoms with Crippen LogP contribution in [-0.4, -0.2) is 10.9 Å². The van der Waals surface area contributed by atoms with Gasteiger partial charge in [0.25, 0.3) is 0 Å². The zero-order valence-corrected chi connectivity index (χ0v) is 11.2. The van der Waals surface area contributed by atoms with Crippen molar-refractivity contribution in [1.29, 1.82) is 0 Å². The lowest BCUT2D eigenvalue weighted by Gasteiger charge is -2.01. The average molecular weight is 273 g/mol. The van der Waals surface area contributed by atoms with E-state index in [1.54, 1.807) is 24.4 Å². The average Bonchev–Trinajstić information content (AvgIpc) is 2.40. The molecule has 0 unspecified atom stereocenters. The first kappa shape index (κ1) is 13.3. The smallest absolute Gasteiger partial charge is 0.249 e. The highest BCUT2D eigenvalue weighted by Crippen LogP contribution is 2.16. The number of benzene rings is 1. The molecule has 96 valence electrons. The van der Waals surface area contributed by atoms with Crippen LogP contribution in [0.2, 0.25) is 5.02 Å². The summed E-state index contributed by atoms with van der Waals surface area (Å²) in [6.07, 6.45) is 4.81. The van der Waals surface area contributed by atoms with Gasteiger partial charge in [0.15, 0.2) is 0 Å². The third-order valence-electron chi connectivity index (χ3n) is 2.48. The summed E-state index contributed by atoms with van der Waals surface area (Å²) in [7, 11) is 0. The molecule has 0 atom stereocenters. The molecule has 1 aromatic heterocycles. The standard InChI is InChI=1S/C15H13ClN2O/c1-11-6-8-14(17-10-11)18-15(19)9-7-12-4-2-3-5-13(12)16/h2-10H,1H3,(H,17,18,19)/b9-7+. The lowest BCUT2D eigenvalue weighted by atomic mass is 10.2. The number of amides is 1. The van der Waals surface area contributed by atoms with Gasteiger partial charge in [-0.1, -0.05) is 35.9 Å². The fourth-order valence-corrected chi connectivity index (χ4v) is 1.68. The number of aryl methyl sites for hydroxylation is 1. The van der Waals surface area contributed by atoms with Crippen LogP contribution in [0.25, 0.3) is 6.08 Å². The summed E-state index contributed by atoms with van der Waals surface area (Å²) in [5, 5.41) is 3.29. The Balaban J connectivity index is 2.02. The van der Waals surface area contributed by atoms with Gasteiger partial charge in [0.1, 0.15) is 5.82 Å². The molecular weight excluding hydrogens is 260 g/mol. The van der Waals surface area contributed by atoms with Crippen LogP contribution in [0.5, 0.6) is 0 Å². The molecule has 0 saturated heterocycles. The lowest BCUT2D eigenvalue weighted by molar-refractivity contribution is -0.111. The summed E-state index contributed by atoms with van der Waals surface area (Å²) in [6.45, 7) is 1.94. The fraction of sp³-hybridized carbons (Fsp3) is 0.0667. The maximum atomic E-state index is 11.7. The molecule has 0 aliphatic carbocycles. The monoisotopic (exact) mass is 272 g/mol. The van der Waals surface area contributed by atoms with Gasteiger partial charge in [0, 0.05) is 17.3 Å². The van der Waals surface area contributed by atoms with Crippen molar-refractivity contribution < 1.29 is 4.79 Å². The predicted octanol–water partition coefficient (Wildman–Crippen LogP) is 3.70. The SMILES string of the molecule is Cc1ccc(NC(=O)/C=C/c2ccccc2Cl)nc1. The van der Waals surface area contributed by atoms with Crippen LogP contribution in [0, 0.1) is 6.92 Å². The molecule has 4 heteroatoms. The van der Waals surface area contributed by atoms with Gasteiger partial charge in [-0.3, -0.25) is 4.79 Å². The molecule has 1 N–H and O–H groups in total. The van der Waals surface area contributed by atoms with E-state index in [0.717, 1.165) is 11.1 Å². The lowest BCUT2D eigenvalue weighted by Crippen LogP contribution is -2.08. The van der Waals surface area contributed by atoms with Crippen molar-refractivity contribution in [3.05, 3.63) is 64.8 Å². The Labute approximate surface area is 116 Å². The van der Waals surface area contributed by atoms with Gasteiger partial charge in [-0.05, 0) is 36.3 Å². The normalized spacial score (nSPS) is 10.6. The highest BCUT2D eigenvalue weighted by Gasteiger charge is 1.99. The van der Waals surface area contributed by atoms with Gasteiger partial charge in [-0.15, -0.1) is 0 Å². The van der Waals surface area contributed by atoms with E-state index in [-0.39, 0.29) is 5.91 Å². The molecular formula is C15H13ClN2O. The second-order valence-electron chi connectivity index (χ2n) is 4.06. The third kappa shape index (κ3) is 3.93. The minimum absolute atomic E-state index is 0.240. The molecule has 19 heavy (non-hydrogen) atoms. The van der Waals surface area contributed by atoms with E-state index in [1.807, 2.05) is 31.2 Å². The maximum absolute atomic E-state index is 11.7. The zero-order chi connectivity index (χ0) is 13.7. The topological polar surface area (TPSA) is 42.0 Å². The number of nitrogens with zero attached hydrogens (tertiary/aromatic N) is 1. The molecule has 2 aromatic rings. The Kier molecular flexibility index (Phi) is 4.31. The van der Waals surface area contributed by atoms with Crippen molar-refractivity contribution in [2.75, 3.05) is 5.32 Å². The summed E-state index contributed by atoms with van der Waals surface area (Å²) in [5.74, 6) is 0.288. The number of rotatable bonds is 3. The van der Waals surface area contributed by atoms with Crippen LogP contribution >= 0.6 is 11.6 Å². The molecule has 0 radical (unpaired) electrons. The number of carbonyl (C=O) groups is 1. The number of anilines is 1. The second kappa shape index (κ2) is 6.16. The number of hydrogen-bond donors (Lipinski definition) is 1. The summed E-state index contributed by atoms with van der Waals surface area (Å²) in [4.78, 5) is 15.8. The van der Waals surface area contributed by atoms with Crippen LogP contribution < -0.4 is 5.32 Å². The molecule has 0 bridgehead atoms. The van der Waals surface area contributed by atoms with Crippen molar-refractivity contribution in [2.24, 2.45) is 0 Å². The fourth-order valence-electron chi connectivity index (χ4n) is 1.49. The molecule has 0 fully saturated rings. The maximum Gasteiger partial charge on any atom is 0.249 e. The van der Waals surface area contributed by atoms with Crippen molar-refractivity contribution >= 4 is 29.4 Å². The van der Waals surface area contributed by atoms with Crippen molar-refractivity contribution in [2.45, 2.75) is 6.92 Å². The summed E-state index contributed by atoms with van der Waals surface area (Å²) >= 11 is 5.99. The van der Waals surface area contributed by atoms with Crippen molar-refractivity contribution in [1.82, 2.24) is 4.98 Å². The molecule has 0 spiro atoms. The van der Waals surface area contributed by atoms with Crippen molar-refractivity contribution in [3.8, 4) is 0 Å². The van der Waals surface area contributed by atoms with Gasteiger partial charge in [-0.2, -0.15) is 0 Å². The number of pyridine rings is 1. The van der Waals surface area contributed by atoms with Crippen molar-refractivity contribution in [3.63, 3.8) is 0 Å². The summed E-state index contributed by atoms with van der Waals surface area (Å²) in [5.41, 5.74) is 1.85. The third-order valence-corrected chi connectivity index (χ3v) is 2.83. The molecule has 0 aliphatic rings. The van der Waals surface area contributed by atoms with E-state index < -0.39 is 0 Å². The van der Waals surface area contributed by atoms with Gasteiger partial charge in [-0.25, -0.2) is 4.98 Å². The van der Waals surface area contributed by atoms with E-state index in [9.17, 15) is 4.79 Å². The molecule has 1 aromatic carbocycles. The first-order valence-corrected chi connectivity index (χ1v) is 6.19. The molecule has 0 aliphatic heterocycles. The molecule has 1 heterocycles. The minimum Gasteiger partial charge on any atom is -0.307 e. The Bertz CT molecular complexity index is 606. The highest BCUT2D eigenvalue weighted by molar-refractivity contribution is 6.32. The van der Waals surface area contributed by atoms with Gasteiger partial charge in [0.2, 0.25) is 5.91 Å². The minimum atomic E-state index is -0.240. The van der Waals surface area contributed by atoms with Gasteiger partial charge < -0.3 is 5.32 Å². The Morgan fingerprint density at radius 2 is 2.05 bits per heavy atom. The van der Waals surface area contributed by atoms with E-state index in [1.165, 1.54) is 6.08 Å². The highest BCUT2D eigenvalue weighted by atomic mass is 35.5. The largest absolute Gasteiger partial charge is 0.307 e. The number of carbonyl (C=O) groups excluding carboxylic acids is 1. The van der Waals surface area contributed by atoms with Crippen LogP contribution in [-0.2, 0) is 4.79 Å². The number of halogens is 1. The molecule has 1 amide bonds. The predicted molar refractivity (Wildman–Crippen MR) is 78.1 cm³/mol. The first-order valence-electron chi connectivity index (χ1n) is 5.81. The summed E-state index contributed by atoms with van der Waals surface area (Å²) in [6, 6.07) is 11.0. The molecule has 2 rings (SSSR count). The zero-order valence-electron chi connectivity index (χ0n) is 10.4.